The van der Waals surface area contributed by atoms with Gasteiger partial charge in [0.1, 0.15) is 6.33 Å². The van der Waals surface area contributed by atoms with Gasteiger partial charge in [-0.2, -0.15) is 4.37 Å². The first-order chi connectivity index (χ1) is 8.30. The lowest BCUT2D eigenvalue weighted by atomic mass is 9.99. The Morgan fingerprint density at radius 2 is 2.41 bits per heavy atom. The number of aliphatic hydroxyl groups is 1. The maximum absolute atomic E-state index is 9.64. The van der Waals surface area contributed by atoms with Crippen molar-refractivity contribution in [3.8, 4) is 0 Å². The highest BCUT2D eigenvalue weighted by Gasteiger charge is 2.42. The highest BCUT2D eigenvalue weighted by atomic mass is 32.2. The van der Waals surface area contributed by atoms with Gasteiger partial charge in [0.15, 0.2) is 4.34 Å². The minimum Gasteiger partial charge on any atom is -0.394 e. The zero-order valence-corrected chi connectivity index (χ0v) is 11.3. The molecule has 1 heterocycles. The molecule has 1 aromatic rings. The van der Waals surface area contributed by atoms with Crippen molar-refractivity contribution < 1.29 is 5.11 Å². The first kappa shape index (κ1) is 11.9. The Labute approximate surface area is 109 Å². The van der Waals surface area contributed by atoms with Crippen molar-refractivity contribution in [2.24, 2.45) is 0 Å². The van der Waals surface area contributed by atoms with Crippen LogP contribution in [0.5, 0.6) is 0 Å². The Balaban J connectivity index is 1.59. The molecule has 1 aromatic heterocycles. The van der Waals surface area contributed by atoms with Crippen molar-refractivity contribution >= 4 is 23.3 Å². The van der Waals surface area contributed by atoms with E-state index >= 15 is 0 Å². The maximum atomic E-state index is 9.64. The average Bonchev–Trinajstić information content (AvgIpc) is 2.84. The van der Waals surface area contributed by atoms with Gasteiger partial charge in [0.05, 0.1) is 6.61 Å². The van der Waals surface area contributed by atoms with Crippen LogP contribution in [0.25, 0.3) is 0 Å². The van der Waals surface area contributed by atoms with Crippen LogP contribution in [0.15, 0.2) is 10.7 Å². The molecule has 6 heteroatoms. The Kier molecular flexibility index (Phi) is 3.38. The predicted molar refractivity (Wildman–Crippen MR) is 69.4 cm³/mol. The molecule has 0 radical (unpaired) electrons. The molecule has 0 spiro atoms. The van der Waals surface area contributed by atoms with Gasteiger partial charge in [0.25, 0.3) is 0 Å². The number of aliphatic hydroxyl groups excluding tert-OH is 1. The molecule has 2 unspecified atom stereocenters. The van der Waals surface area contributed by atoms with Gasteiger partial charge in [-0.3, -0.25) is 0 Å². The minimum absolute atomic E-state index is 0.0243. The van der Waals surface area contributed by atoms with Crippen molar-refractivity contribution in [3.05, 3.63) is 6.33 Å². The number of thioether (sulfide) groups is 1. The summed E-state index contributed by atoms with van der Waals surface area (Å²) >= 11 is 3.28. The van der Waals surface area contributed by atoms with E-state index in [0.717, 1.165) is 23.6 Å². The topological polar surface area (TPSA) is 58.0 Å². The van der Waals surface area contributed by atoms with Crippen LogP contribution >= 0.6 is 23.3 Å². The normalized spacial score (nSPS) is 33.1. The van der Waals surface area contributed by atoms with Crippen molar-refractivity contribution in [1.82, 2.24) is 14.7 Å². The molecular formula is C11H17N3OS2. The van der Waals surface area contributed by atoms with Crippen molar-refractivity contribution in [2.45, 2.75) is 53.3 Å². The number of rotatable bonds is 5. The Bertz CT molecular complexity index is 369. The summed E-state index contributed by atoms with van der Waals surface area (Å²) in [6.45, 7) is 0.261. The smallest absolute Gasteiger partial charge is 0.170 e. The van der Waals surface area contributed by atoms with E-state index in [1.54, 1.807) is 6.33 Å². The summed E-state index contributed by atoms with van der Waals surface area (Å²) < 4.78 is 5.07. The van der Waals surface area contributed by atoms with Crippen LogP contribution < -0.4 is 5.32 Å². The second-order valence-electron chi connectivity index (χ2n) is 5.05. The van der Waals surface area contributed by atoms with Crippen LogP contribution in [-0.4, -0.2) is 37.9 Å². The lowest BCUT2D eigenvalue weighted by Gasteiger charge is -2.28. The zero-order valence-electron chi connectivity index (χ0n) is 9.63. The molecule has 0 amide bonds. The van der Waals surface area contributed by atoms with Gasteiger partial charge in [0, 0.05) is 16.8 Å². The van der Waals surface area contributed by atoms with Crippen molar-refractivity contribution in [1.29, 1.82) is 0 Å². The van der Waals surface area contributed by atoms with Gasteiger partial charge in [-0.15, -0.1) is 0 Å². The first-order valence-electron chi connectivity index (χ1n) is 6.12. The van der Waals surface area contributed by atoms with Crippen LogP contribution in [0.2, 0.25) is 0 Å². The molecule has 2 fully saturated rings. The molecule has 2 aliphatic carbocycles. The van der Waals surface area contributed by atoms with Gasteiger partial charge < -0.3 is 10.4 Å². The summed E-state index contributed by atoms with van der Waals surface area (Å²) in [6.07, 6.45) is 7.45. The SMILES string of the molecule is OCC1(NC2CC2)CCC(Sc2ncns2)C1. The lowest BCUT2D eigenvalue weighted by molar-refractivity contribution is 0.163. The number of nitrogens with zero attached hydrogens (tertiary/aromatic N) is 2. The van der Waals surface area contributed by atoms with Gasteiger partial charge >= 0.3 is 0 Å². The zero-order chi connectivity index (χ0) is 11.7. The van der Waals surface area contributed by atoms with Crippen LogP contribution in [-0.2, 0) is 0 Å². The van der Waals surface area contributed by atoms with Crippen molar-refractivity contribution in [3.63, 3.8) is 0 Å². The highest BCUT2D eigenvalue weighted by Crippen LogP contribution is 2.41. The molecule has 2 atom stereocenters. The fraction of sp³-hybridized carbons (Fsp3) is 0.818. The summed E-state index contributed by atoms with van der Waals surface area (Å²) in [5, 5.41) is 13.8. The van der Waals surface area contributed by atoms with E-state index in [1.165, 1.54) is 24.4 Å². The van der Waals surface area contributed by atoms with Crippen LogP contribution in [0.1, 0.15) is 32.1 Å². The summed E-state index contributed by atoms with van der Waals surface area (Å²) in [5.41, 5.74) is -0.0243. The largest absolute Gasteiger partial charge is 0.394 e. The molecule has 2 N–H and O–H groups in total. The standard InChI is InChI=1S/C11H17N3OS2/c15-6-11(14-8-1-2-8)4-3-9(5-11)16-10-12-7-13-17-10/h7-9,14-15H,1-6H2. The van der Waals surface area contributed by atoms with Gasteiger partial charge in [-0.25, -0.2) is 4.98 Å². The maximum Gasteiger partial charge on any atom is 0.170 e. The fourth-order valence-electron chi connectivity index (χ4n) is 2.52. The summed E-state index contributed by atoms with van der Waals surface area (Å²) in [4.78, 5) is 4.21. The van der Waals surface area contributed by atoms with E-state index in [2.05, 4.69) is 14.7 Å². The van der Waals surface area contributed by atoms with Crippen LogP contribution in [0.3, 0.4) is 0 Å². The van der Waals surface area contributed by atoms with E-state index in [0.29, 0.717) is 11.3 Å². The van der Waals surface area contributed by atoms with Crippen LogP contribution in [0.4, 0.5) is 0 Å². The first-order valence-corrected chi connectivity index (χ1v) is 7.77. The Morgan fingerprint density at radius 1 is 1.53 bits per heavy atom. The Hall–Kier alpha value is -0.170. The number of hydrogen-bond donors (Lipinski definition) is 2. The van der Waals surface area contributed by atoms with Crippen molar-refractivity contribution in [2.75, 3.05) is 6.61 Å². The number of hydrogen-bond acceptors (Lipinski definition) is 6. The summed E-state index contributed by atoms with van der Waals surface area (Å²) in [5.74, 6) is 0. The molecule has 0 saturated heterocycles. The molecule has 3 rings (SSSR count). The molecule has 2 saturated carbocycles. The van der Waals surface area contributed by atoms with Gasteiger partial charge in [0.2, 0.25) is 0 Å². The second kappa shape index (κ2) is 4.84. The fourth-order valence-corrected chi connectivity index (χ4v) is 4.54. The molecular weight excluding hydrogens is 254 g/mol. The van der Waals surface area contributed by atoms with E-state index < -0.39 is 0 Å². The number of aromatic nitrogens is 2. The molecule has 0 aromatic carbocycles. The van der Waals surface area contributed by atoms with Crippen LogP contribution in [0, 0.1) is 0 Å². The van der Waals surface area contributed by atoms with E-state index in [4.69, 9.17) is 0 Å². The van der Waals surface area contributed by atoms with Gasteiger partial charge in [-0.1, -0.05) is 11.8 Å². The third kappa shape index (κ3) is 2.81. The average molecular weight is 271 g/mol. The third-order valence-corrected chi connectivity index (χ3v) is 5.58. The van der Waals surface area contributed by atoms with E-state index in [1.807, 2.05) is 11.8 Å². The highest BCUT2D eigenvalue weighted by molar-refractivity contribution is 8.01. The van der Waals surface area contributed by atoms with Gasteiger partial charge in [-0.05, 0) is 43.6 Å². The molecule has 0 bridgehead atoms. The quantitative estimate of drug-likeness (QED) is 0.853. The molecule has 0 aliphatic heterocycles. The molecule has 2 aliphatic rings. The minimum atomic E-state index is -0.0243. The molecule has 4 nitrogen and oxygen atoms in total. The Morgan fingerprint density at radius 3 is 3.06 bits per heavy atom. The monoisotopic (exact) mass is 271 g/mol. The summed E-state index contributed by atoms with van der Waals surface area (Å²) in [7, 11) is 0. The summed E-state index contributed by atoms with van der Waals surface area (Å²) in [6, 6.07) is 0.660. The number of nitrogens with one attached hydrogen (secondary N) is 1. The molecule has 94 valence electrons. The predicted octanol–water partition coefficient (Wildman–Crippen LogP) is 1.67. The van der Waals surface area contributed by atoms with E-state index in [-0.39, 0.29) is 12.1 Å². The molecule has 17 heavy (non-hydrogen) atoms. The second-order valence-corrected chi connectivity index (χ2v) is 7.37. The van der Waals surface area contributed by atoms with E-state index in [9.17, 15) is 5.11 Å². The third-order valence-electron chi connectivity index (χ3n) is 3.56. The lowest BCUT2D eigenvalue weighted by Crippen LogP contribution is -2.47.